The van der Waals surface area contributed by atoms with E-state index in [9.17, 15) is 13.2 Å². The van der Waals surface area contributed by atoms with Crippen molar-refractivity contribution >= 4 is 15.8 Å². The van der Waals surface area contributed by atoms with Crippen molar-refractivity contribution in [3.63, 3.8) is 0 Å². The van der Waals surface area contributed by atoms with E-state index in [0.29, 0.717) is 5.56 Å². The van der Waals surface area contributed by atoms with Crippen molar-refractivity contribution in [2.24, 2.45) is 0 Å². The molecular weight excluding hydrogens is 252 g/mol. The van der Waals surface area contributed by atoms with E-state index in [-0.39, 0.29) is 12.2 Å². The molecule has 5 heteroatoms. The van der Waals surface area contributed by atoms with Crippen LogP contribution in [0.1, 0.15) is 31.4 Å². The zero-order valence-corrected chi connectivity index (χ0v) is 11.6. The van der Waals surface area contributed by atoms with Crippen molar-refractivity contribution in [1.29, 1.82) is 0 Å². The summed E-state index contributed by atoms with van der Waals surface area (Å²) in [5.74, 6) is -0.840. The van der Waals surface area contributed by atoms with Crippen molar-refractivity contribution in [3.8, 4) is 0 Å². The van der Waals surface area contributed by atoms with E-state index in [1.807, 2.05) is 13.8 Å². The molecule has 0 radical (unpaired) electrons. The Bertz CT molecular complexity index is 527. The molecule has 1 N–H and O–H groups in total. The van der Waals surface area contributed by atoms with E-state index in [2.05, 4.69) is 0 Å². The Hall–Kier alpha value is -1.36. The van der Waals surface area contributed by atoms with Crippen LogP contribution in [-0.2, 0) is 25.8 Å². The number of benzene rings is 1. The highest BCUT2D eigenvalue weighted by Gasteiger charge is 2.23. The molecule has 0 amide bonds. The van der Waals surface area contributed by atoms with Crippen LogP contribution in [0.3, 0.4) is 0 Å². The molecule has 18 heavy (non-hydrogen) atoms. The number of sulfone groups is 1. The Morgan fingerprint density at radius 1 is 1.22 bits per heavy atom. The molecule has 0 heterocycles. The number of rotatable bonds is 5. The largest absolute Gasteiger partial charge is 0.481 e. The van der Waals surface area contributed by atoms with E-state index >= 15 is 0 Å². The van der Waals surface area contributed by atoms with Crippen LogP contribution in [0, 0.1) is 0 Å². The SMILES string of the molecule is CC(C)(CC(=O)O)c1ccc(CS(C)(=O)=O)cc1. The minimum atomic E-state index is -3.04. The van der Waals surface area contributed by atoms with Crippen molar-refractivity contribution < 1.29 is 18.3 Å². The second kappa shape index (κ2) is 5.10. The fourth-order valence-electron chi connectivity index (χ4n) is 1.84. The summed E-state index contributed by atoms with van der Waals surface area (Å²) in [6.07, 6.45) is 1.23. The Labute approximate surface area is 108 Å². The third-order valence-corrected chi connectivity index (χ3v) is 3.62. The summed E-state index contributed by atoms with van der Waals surface area (Å²) >= 11 is 0. The van der Waals surface area contributed by atoms with Gasteiger partial charge in [-0.3, -0.25) is 4.79 Å². The zero-order valence-electron chi connectivity index (χ0n) is 10.8. The number of hydrogen-bond acceptors (Lipinski definition) is 3. The molecule has 0 spiro atoms. The predicted molar refractivity (Wildman–Crippen MR) is 70.3 cm³/mol. The maximum absolute atomic E-state index is 11.2. The first kappa shape index (κ1) is 14.7. The maximum Gasteiger partial charge on any atom is 0.304 e. The average molecular weight is 270 g/mol. The lowest BCUT2D eigenvalue weighted by atomic mass is 9.81. The minimum Gasteiger partial charge on any atom is -0.481 e. The van der Waals surface area contributed by atoms with Gasteiger partial charge in [-0.2, -0.15) is 0 Å². The molecule has 0 aliphatic rings. The van der Waals surface area contributed by atoms with E-state index in [1.54, 1.807) is 24.3 Å². The summed E-state index contributed by atoms with van der Waals surface area (Å²) in [6.45, 7) is 3.71. The van der Waals surface area contributed by atoms with Crippen molar-refractivity contribution in [3.05, 3.63) is 35.4 Å². The second-order valence-electron chi connectivity index (χ2n) is 5.22. The van der Waals surface area contributed by atoms with Gasteiger partial charge in [0.15, 0.2) is 9.84 Å². The summed E-state index contributed by atoms with van der Waals surface area (Å²) in [5, 5.41) is 8.84. The fraction of sp³-hybridized carbons (Fsp3) is 0.462. The molecule has 0 saturated heterocycles. The maximum atomic E-state index is 11.2. The fourth-order valence-corrected chi connectivity index (χ4v) is 2.63. The number of carboxylic acids is 1. The summed E-state index contributed by atoms with van der Waals surface area (Å²) in [4.78, 5) is 10.8. The van der Waals surface area contributed by atoms with Crippen molar-refractivity contribution in [2.75, 3.05) is 6.26 Å². The molecule has 0 aliphatic heterocycles. The highest BCUT2D eigenvalue weighted by Crippen LogP contribution is 2.27. The quantitative estimate of drug-likeness (QED) is 0.888. The van der Waals surface area contributed by atoms with Crippen LogP contribution in [0.5, 0.6) is 0 Å². The van der Waals surface area contributed by atoms with Gasteiger partial charge in [0.25, 0.3) is 0 Å². The van der Waals surface area contributed by atoms with Gasteiger partial charge in [-0.25, -0.2) is 8.42 Å². The van der Waals surface area contributed by atoms with Gasteiger partial charge in [0.1, 0.15) is 0 Å². The third-order valence-electron chi connectivity index (χ3n) is 2.76. The van der Waals surface area contributed by atoms with Crippen LogP contribution in [-0.4, -0.2) is 25.7 Å². The molecule has 0 unspecified atom stereocenters. The molecule has 0 aromatic heterocycles. The predicted octanol–water partition coefficient (Wildman–Crippen LogP) is 1.98. The van der Waals surface area contributed by atoms with Gasteiger partial charge in [-0.1, -0.05) is 38.1 Å². The highest BCUT2D eigenvalue weighted by atomic mass is 32.2. The van der Waals surface area contributed by atoms with E-state index in [1.165, 1.54) is 6.26 Å². The van der Waals surface area contributed by atoms with Gasteiger partial charge in [-0.15, -0.1) is 0 Å². The molecule has 0 saturated carbocycles. The molecule has 0 fully saturated rings. The molecule has 1 aromatic rings. The molecule has 4 nitrogen and oxygen atoms in total. The highest BCUT2D eigenvalue weighted by molar-refractivity contribution is 7.89. The number of aliphatic carboxylic acids is 1. The Morgan fingerprint density at radius 3 is 2.11 bits per heavy atom. The minimum absolute atomic E-state index is 0.00659. The Kier molecular flexibility index (Phi) is 4.16. The number of carbonyl (C=O) groups is 1. The first-order valence-corrected chi connectivity index (χ1v) is 7.65. The van der Waals surface area contributed by atoms with E-state index < -0.39 is 21.2 Å². The molecule has 100 valence electrons. The van der Waals surface area contributed by atoms with Gasteiger partial charge >= 0.3 is 5.97 Å². The molecule has 1 rings (SSSR count). The van der Waals surface area contributed by atoms with Gasteiger partial charge in [-0.05, 0) is 11.1 Å². The number of carboxylic acid groups (broad SMARTS) is 1. The lowest BCUT2D eigenvalue weighted by Crippen LogP contribution is -2.21. The molecule has 0 atom stereocenters. The van der Waals surface area contributed by atoms with Crippen molar-refractivity contribution in [2.45, 2.75) is 31.4 Å². The molecular formula is C13H18O4S. The van der Waals surface area contributed by atoms with Crippen LogP contribution >= 0.6 is 0 Å². The average Bonchev–Trinajstić information content (AvgIpc) is 2.13. The normalized spacial score (nSPS) is 12.4. The smallest absolute Gasteiger partial charge is 0.304 e. The van der Waals surface area contributed by atoms with Gasteiger partial charge in [0, 0.05) is 11.7 Å². The Morgan fingerprint density at radius 2 is 1.72 bits per heavy atom. The summed E-state index contributed by atoms with van der Waals surface area (Å²) in [5.41, 5.74) is 1.14. The zero-order chi connectivity index (χ0) is 14.0. The van der Waals surface area contributed by atoms with E-state index in [0.717, 1.165) is 5.56 Å². The third kappa shape index (κ3) is 4.49. The first-order valence-electron chi connectivity index (χ1n) is 5.59. The molecule has 0 bridgehead atoms. The molecule has 1 aromatic carbocycles. The summed E-state index contributed by atoms with van der Waals surface area (Å²) < 4.78 is 22.3. The van der Waals surface area contributed by atoms with Crippen LogP contribution in [0.4, 0.5) is 0 Å². The number of hydrogen-bond donors (Lipinski definition) is 1. The summed E-state index contributed by atoms with van der Waals surface area (Å²) in [7, 11) is -3.04. The standard InChI is InChI=1S/C13H18O4S/c1-13(2,8-12(14)15)11-6-4-10(5-7-11)9-18(3,16)17/h4-7H,8-9H2,1-3H3,(H,14,15). The van der Waals surface area contributed by atoms with Crippen LogP contribution in [0.2, 0.25) is 0 Å². The topological polar surface area (TPSA) is 71.4 Å². The van der Waals surface area contributed by atoms with Gasteiger partial charge in [0.2, 0.25) is 0 Å². The van der Waals surface area contributed by atoms with Crippen LogP contribution < -0.4 is 0 Å². The second-order valence-corrected chi connectivity index (χ2v) is 7.36. The lowest BCUT2D eigenvalue weighted by molar-refractivity contribution is -0.138. The van der Waals surface area contributed by atoms with Crippen LogP contribution in [0.15, 0.2) is 24.3 Å². The lowest BCUT2D eigenvalue weighted by Gasteiger charge is -2.23. The monoisotopic (exact) mass is 270 g/mol. The van der Waals surface area contributed by atoms with Crippen molar-refractivity contribution in [1.82, 2.24) is 0 Å². The molecule has 0 aliphatic carbocycles. The summed E-state index contributed by atoms with van der Waals surface area (Å²) in [6, 6.07) is 7.06. The first-order chi connectivity index (χ1) is 8.10. The van der Waals surface area contributed by atoms with Crippen LogP contribution in [0.25, 0.3) is 0 Å². The Balaban J connectivity index is 2.92. The van der Waals surface area contributed by atoms with Gasteiger partial charge < -0.3 is 5.11 Å². The van der Waals surface area contributed by atoms with E-state index in [4.69, 9.17) is 5.11 Å². The van der Waals surface area contributed by atoms with Gasteiger partial charge in [0.05, 0.1) is 12.2 Å².